The fraction of sp³-hybridized carbons (Fsp3) is 0.368. The van der Waals surface area contributed by atoms with Gasteiger partial charge in [0.25, 0.3) is 0 Å². The lowest BCUT2D eigenvalue weighted by Gasteiger charge is -2.39. The molecule has 0 unspecified atom stereocenters. The second kappa shape index (κ2) is 6.72. The molecule has 5 nitrogen and oxygen atoms in total. The molecule has 2 N–H and O–H groups in total. The van der Waals surface area contributed by atoms with Crippen molar-refractivity contribution in [1.82, 2.24) is 14.4 Å². The number of fused-ring (bicyclic) bond motifs is 1. The maximum absolute atomic E-state index is 6.39. The Morgan fingerprint density at radius 2 is 1.96 bits per heavy atom. The van der Waals surface area contributed by atoms with E-state index in [1.54, 1.807) is 12.4 Å². The summed E-state index contributed by atoms with van der Waals surface area (Å²) in [6, 6.07) is 5.57. The van der Waals surface area contributed by atoms with Crippen molar-refractivity contribution in [2.45, 2.75) is 19.8 Å². The zero-order chi connectivity index (χ0) is 18.3. The third kappa shape index (κ3) is 2.94. The molecule has 4 rings (SSSR count). The number of nitrogens with two attached hydrogens (primary N) is 1. The van der Waals surface area contributed by atoms with Crippen LogP contribution in [0, 0.1) is 5.41 Å². The van der Waals surface area contributed by atoms with Crippen LogP contribution < -0.4 is 10.6 Å². The summed E-state index contributed by atoms with van der Waals surface area (Å²) in [5, 5.41) is 1.02. The summed E-state index contributed by atoms with van der Waals surface area (Å²) in [7, 11) is 0. The second-order valence-electron chi connectivity index (χ2n) is 7.22. The van der Waals surface area contributed by atoms with Crippen LogP contribution in [-0.2, 0) is 0 Å². The molecular weight excluding hydrogens is 369 g/mol. The van der Waals surface area contributed by atoms with Crippen LogP contribution in [-0.4, -0.2) is 34.0 Å². The van der Waals surface area contributed by atoms with Gasteiger partial charge in [-0.3, -0.25) is 4.40 Å². The zero-order valence-corrected chi connectivity index (χ0v) is 16.1. The molecule has 1 aromatic carbocycles. The molecule has 7 heteroatoms. The van der Waals surface area contributed by atoms with Gasteiger partial charge in [0.15, 0.2) is 0 Å². The number of piperidine rings is 1. The predicted octanol–water partition coefficient (Wildman–Crippen LogP) is 4.27. The molecule has 0 spiro atoms. The molecule has 1 saturated heterocycles. The van der Waals surface area contributed by atoms with Gasteiger partial charge in [-0.05, 0) is 36.9 Å². The number of anilines is 1. The first-order valence-electron chi connectivity index (χ1n) is 8.73. The Bertz CT molecular complexity index is 944. The molecule has 0 aliphatic carbocycles. The normalized spacial score (nSPS) is 17.0. The molecule has 0 radical (unpaired) electrons. The van der Waals surface area contributed by atoms with Crippen LogP contribution in [0.4, 0.5) is 5.69 Å². The van der Waals surface area contributed by atoms with Crippen LogP contribution in [0.2, 0.25) is 10.0 Å². The maximum atomic E-state index is 6.39. The number of imidazole rings is 1. The Labute approximate surface area is 162 Å². The van der Waals surface area contributed by atoms with Crippen LogP contribution in [0.15, 0.2) is 36.9 Å². The van der Waals surface area contributed by atoms with E-state index in [9.17, 15) is 0 Å². The zero-order valence-electron chi connectivity index (χ0n) is 14.6. The summed E-state index contributed by atoms with van der Waals surface area (Å²) in [5.41, 5.74) is 9.07. The molecule has 3 aromatic rings. The molecular formula is C19H21Cl2N5. The molecule has 1 aliphatic heterocycles. The quantitative estimate of drug-likeness (QED) is 0.726. The van der Waals surface area contributed by atoms with E-state index in [1.165, 1.54) is 0 Å². The third-order valence-corrected chi connectivity index (χ3v) is 6.25. The molecule has 0 saturated carbocycles. The maximum Gasteiger partial charge on any atom is 0.147 e. The lowest BCUT2D eigenvalue weighted by Crippen LogP contribution is -2.42. The number of hydrogen-bond donors (Lipinski definition) is 1. The summed E-state index contributed by atoms with van der Waals surface area (Å²) in [4.78, 5) is 11.4. The fourth-order valence-electron chi connectivity index (χ4n) is 3.51. The lowest BCUT2D eigenvalue weighted by atomic mass is 9.80. The van der Waals surface area contributed by atoms with E-state index in [0.717, 1.165) is 55.1 Å². The first kappa shape index (κ1) is 17.6. The summed E-state index contributed by atoms with van der Waals surface area (Å²) in [5.74, 6) is 0.741. The fourth-order valence-corrected chi connectivity index (χ4v) is 3.90. The van der Waals surface area contributed by atoms with Crippen LogP contribution >= 0.6 is 23.2 Å². The van der Waals surface area contributed by atoms with Crippen molar-refractivity contribution in [2.24, 2.45) is 11.1 Å². The van der Waals surface area contributed by atoms with Crippen molar-refractivity contribution in [3.63, 3.8) is 0 Å². The van der Waals surface area contributed by atoms with E-state index in [1.807, 2.05) is 28.9 Å². The Morgan fingerprint density at radius 3 is 2.69 bits per heavy atom. The second-order valence-corrected chi connectivity index (χ2v) is 8.00. The van der Waals surface area contributed by atoms with Crippen molar-refractivity contribution < 1.29 is 0 Å². The van der Waals surface area contributed by atoms with Gasteiger partial charge in [0.1, 0.15) is 12.2 Å². The highest BCUT2D eigenvalue weighted by molar-refractivity contribution is 6.43. The van der Waals surface area contributed by atoms with E-state index >= 15 is 0 Å². The number of rotatable bonds is 3. The van der Waals surface area contributed by atoms with Gasteiger partial charge in [0, 0.05) is 18.7 Å². The molecule has 3 heterocycles. The number of hydrogen-bond acceptors (Lipinski definition) is 4. The Hall–Kier alpha value is -1.82. The largest absolute Gasteiger partial charge is 0.369 e. The van der Waals surface area contributed by atoms with Crippen molar-refractivity contribution >= 4 is 34.4 Å². The van der Waals surface area contributed by atoms with Crippen LogP contribution in [0.1, 0.15) is 19.8 Å². The molecule has 1 fully saturated rings. The molecule has 0 amide bonds. The van der Waals surface area contributed by atoms with E-state index in [2.05, 4.69) is 21.8 Å². The van der Waals surface area contributed by atoms with Gasteiger partial charge >= 0.3 is 0 Å². The van der Waals surface area contributed by atoms with Gasteiger partial charge in [-0.25, -0.2) is 9.97 Å². The van der Waals surface area contributed by atoms with Crippen molar-refractivity contribution in [3.05, 3.63) is 47.0 Å². The van der Waals surface area contributed by atoms with Gasteiger partial charge in [-0.15, -0.1) is 0 Å². The summed E-state index contributed by atoms with van der Waals surface area (Å²) in [6.45, 7) is 4.93. The van der Waals surface area contributed by atoms with Crippen LogP contribution in [0.3, 0.4) is 0 Å². The van der Waals surface area contributed by atoms with Gasteiger partial charge in [-0.2, -0.15) is 0 Å². The third-order valence-electron chi connectivity index (χ3n) is 5.43. The summed E-state index contributed by atoms with van der Waals surface area (Å²) in [6.07, 6.45) is 7.70. The SMILES string of the molecule is CC1(CN)CCN(c2cncn3c(-c4cccc(Cl)c4Cl)ncc23)CC1. The lowest BCUT2D eigenvalue weighted by molar-refractivity contribution is 0.258. The average molecular weight is 390 g/mol. The van der Waals surface area contributed by atoms with E-state index < -0.39 is 0 Å². The molecule has 0 atom stereocenters. The van der Waals surface area contributed by atoms with Crippen molar-refractivity contribution in [1.29, 1.82) is 0 Å². The van der Waals surface area contributed by atoms with Gasteiger partial charge in [0.2, 0.25) is 0 Å². The minimum Gasteiger partial charge on any atom is -0.369 e. The van der Waals surface area contributed by atoms with Gasteiger partial charge in [0.05, 0.1) is 33.6 Å². The van der Waals surface area contributed by atoms with E-state index in [0.29, 0.717) is 10.0 Å². The average Bonchev–Trinajstić information content (AvgIpc) is 3.09. The highest BCUT2D eigenvalue weighted by Gasteiger charge is 2.29. The smallest absolute Gasteiger partial charge is 0.147 e. The Morgan fingerprint density at radius 1 is 1.19 bits per heavy atom. The molecule has 26 heavy (non-hydrogen) atoms. The number of aromatic nitrogens is 3. The van der Waals surface area contributed by atoms with E-state index in [4.69, 9.17) is 28.9 Å². The first-order chi connectivity index (χ1) is 12.5. The number of nitrogens with zero attached hydrogens (tertiary/aromatic N) is 4. The summed E-state index contributed by atoms with van der Waals surface area (Å²) < 4.78 is 1.98. The topological polar surface area (TPSA) is 59.5 Å². The van der Waals surface area contributed by atoms with Gasteiger partial charge in [-0.1, -0.05) is 36.2 Å². The molecule has 136 valence electrons. The van der Waals surface area contributed by atoms with Gasteiger partial charge < -0.3 is 10.6 Å². The van der Waals surface area contributed by atoms with Crippen LogP contribution in [0.5, 0.6) is 0 Å². The number of halogens is 2. The van der Waals surface area contributed by atoms with Crippen molar-refractivity contribution in [2.75, 3.05) is 24.5 Å². The minimum atomic E-state index is 0.231. The standard InChI is InChI=1S/C19H21Cl2N5/c1-19(11-22)5-7-25(8-6-19)15-9-23-12-26-16(15)10-24-18(26)13-3-2-4-14(20)17(13)21/h2-4,9-10,12H,5-8,11,22H2,1H3. The monoisotopic (exact) mass is 389 g/mol. The Balaban J connectivity index is 1.74. The molecule has 2 aromatic heterocycles. The highest BCUT2D eigenvalue weighted by Crippen LogP contribution is 2.36. The first-order valence-corrected chi connectivity index (χ1v) is 9.48. The predicted molar refractivity (Wildman–Crippen MR) is 107 cm³/mol. The molecule has 1 aliphatic rings. The van der Waals surface area contributed by atoms with E-state index in [-0.39, 0.29) is 5.41 Å². The Kier molecular flexibility index (Phi) is 4.55. The highest BCUT2D eigenvalue weighted by atomic mass is 35.5. The van der Waals surface area contributed by atoms with Crippen LogP contribution in [0.25, 0.3) is 16.9 Å². The summed E-state index contributed by atoms with van der Waals surface area (Å²) >= 11 is 12.6. The molecule has 0 bridgehead atoms. The van der Waals surface area contributed by atoms with Crippen molar-refractivity contribution in [3.8, 4) is 11.4 Å². The minimum absolute atomic E-state index is 0.231. The number of benzene rings is 1.